The Bertz CT molecular complexity index is 274. The molecule has 0 heterocycles. The van der Waals surface area contributed by atoms with Crippen LogP contribution in [0.25, 0.3) is 0 Å². The highest BCUT2D eigenvalue weighted by atomic mass is 35.7. The summed E-state index contributed by atoms with van der Waals surface area (Å²) in [7, 11) is -1.39. The minimum absolute atomic E-state index is 1.02. The number of rotatable bonds is 5. The zero-order valence-electron chi connectivity index (χ0n) is 8.47. The van der Waals surface area contributed by atoms with E-state index in [0.29, 0.717) is 0 Å². The van der Waals surface area contributed by atoms with Crippen molar-refractivity contribution in [2.24, 2.45) is 0 Å². The van der Waals surface area contributed by atoms with Crippen LogP contribution in [0.2, 0.25) is 6.04 Å². The maximum atomic E-state index is 5.82. The summed E-state index contributed by atoms with van der Waals surface area (Å²) in [4.78, 5) is 0. The predicted octanol–water partition coefficient (Wildman–Crippen LogP) is 3.88. The number of benzene rings is 1. The Morgan fingerprint density at radius 3 is 2.36 bits per heavy atom. The molecule has 0 bridgehead atoms. The largest absolute Gasteiger partial charge is 0.237 e. The van der Waals surface area contributed by atoms with Crippen molar-refractivity contribution in [2.45, 2.75) is 32.2 Å². The van der Waals surface area contributed by atoms with Crippen LogP contribution in [0, 0.1) is 0 Å². The lowest BCUT2D eigenvalue weighted by Gasteiger charge is -2.06. The van der Waals surface area contributed by atoms with E-state index in [4.69, 9.17) is 22.2 Å². The third kappa shape index (κ3) is 4.03. The highest BCUT2D eigenvalue weighted by Crippen LogP contribution is 2.15. The van der Waals surface area contributed by atoms with Crippen molar-refractivity contribution < 1.29 is 0 Å². The summed E-state index contributed by atoms with van der Waals surface area (Å²) >= 11 is 11.6. The molecular weight excluding hydrogens is 231 g/mol. The highest BCUT2D eigenvalue weighted by Gasteiger charge is 2.03. The van der Waals surface area contributed by atoms with Gasteiger partial charge in [-0.15, -0.1) is 0 Å². The number of aryl methyl sites for hydroxylation is 2. The van der Waals surface area contributed by atoms with E-state index in [2.05, 4.69) is 31.2 Å². The third-order valence-corrected chi connectivity index (χ3v) is 4.52. The van der Waals surface area contributed by atoms with E-state index < -0.39 is 7.42 Å². The fourth-order valence-electron chi connectivity index (χ4n) is 1.59. The van der Waals surface area contributed by atoms with Gasteiger partial charge in [0.25, 0.3) is 0 Å². The molecule has 0 atom stereocenters. The topological polar surface area (TPSA) is 0 Å². The van der Waals surface area contributed by atoms with Gasteiger partial charge in [-0.05, 0) is 36.4 Å². The molecule has 0 aromatic heterocycles. The van der Waals surface area contributed by atoms with E-state index in [1.165, 1.54) is 11.1 Å². The molecule has 0 amide bonds. The second-order valence-corrected chi connectivity index (χ2v) is 8.60. The van der Waals surface area contributed by atoms with Gasteiger partial charge in [0.1, 0.15) is 0 Å². The van der Waals surface area contributed by atoms with E-state index in [1.54, 1.807) is 0 Å². The summed E-state index contributed by atoms with van der Waals surface area (Å²) in [5.41, 5.74) is 2.91. The highest BCUT2D eigenvalue weighted by molar-refractivity contribution is 7.33. The zero-order chi connectivity index (χ0) is 10.4. The summed E-state index contributed by atoms with van der Waals surface area (Å²) in [6.07, 6.45) is 3.35. The normalized spacial score (nSPS) is 10.9. The molecule has 1 aromatic rings. The molecule has 0 radical (unpaired) electrons. The summed E-state index contributed by atoms with van der Waals surface area (Å²) in [6.45, 7) is 2.19. The van der Waals surface area contributed by atoms with Crippen molar-refractivity contribution in [1.82, 2.24) is 0 Å². The van der Waals surface area contributed by atoms with Gasteiger partial charge in [-0.1, -0.05) is 31.2 Å². The van der Waals surface area contributed by atoms with Gasteiger partial charge in [0.2, 0.25) is 7.42 Å². The molecule has 0 saturated heterocycles. The van der Waals surface area contributed by atoms with Gasteiger partial charge in [-0.3, -0.25) is 0 Å². The van der Waals surface area contributed by atoms with Crippen LogP contribution in [0.5, 0.6) is 0 Å². The van der Waals surface area contributed by atoms with Crippen LogP contribution >= 0.6 is 22.2 Å². The Hall–Kier alpha value is 0.0169. The first-order chi connectivity index (χ1) is 6.74. The fourth-order valence-corrected chi connectivity index (χ4v) is 3.03. The van der Waals surface area contributed by atoms with Crippen molar-refractivity contribution in [2.75, 3.05) is 0 Å². The second kappa shape index (κ2) is 6.49. The average Bonchev–Trinajstić information content (AvgIpc) is 2.18. The van der Waals surface area contributed by atoms with Gasteiger partial charge in [-0.2, -0.15) is 22.2 Å². The van der Waals surface area contributed by atoms with Crippen LogP contribution in [0.15, 0.2) is 24.3 Å². The third-order valence-electron chi connectivity index (χ3n) is 2.37. The van der Waals surface area contributed by atoms with Crippen molar-refractivity contribution in [3.05, 3.63) is 35.4 Å². The summed E-state index contributed by atoms with van der Waals surface area (Å²) in [5.74, 6) is 0. The van der Waals surface area contributed by atoms with Gasteiger partial charge < -0.3 is 0 Å². The van der Waals surface area contributed by atoms with Crippen LogP contribution in [-0.4, -0.2) is 7.42 Å². The SMILES string of the molecule is CCc1ccccc1CCC[SiH](Cl)Cl. The maximum Gasteiger partial charge on any atom is 0.237 e. The van der Waals surface area contributed by atoms with E-state index >= 15 is 0 Å². The van der Waals surface area contributed by atoms with Gasteiger partial charge in [-0.25, -0.2) is 0 Å². The minimum Gasteiger partial charge on any atom is -0.150 e. The van der Waals surface area contributed by atoms with Crippen molar-refractivity contribution >= 4 is 29.6 Å². The Labute approximate surface area is 97.3 Å². The Morgan fingerprint density at radius 1 is 1.14 bits per heavy atom. The summed E-state index contributed by atoms with van der Waals surface area (Å²) in [6, 6.07) is 9.62. The van der Waals surface area contributed by atoms with E-state index in [-0.39, 0.29) is 0 Å². The molecule has 0 aliphatic carbocycles. The summed E-state index contributed by atoms with van der Waals surface area (Å²) in [5, 5.41) is 0. The number of hydrogen-bond donors (Lipinski definition) is 0. The van der Waals surface area contributed by atoms with Crippen LogP contribution in [0.1, 0.15) is 24.5 Å². The smallest absolute Gasteiger partial charge is 0.150 e. The molecule has 3 heteroatoms. The standard InChI is InChI=1S/C11H16Cl2Si/c1-2-10-6-3-4-7-11(10)8-5-9-14(12)13/h3-4,6-7,14H,2,5,8-9H2,1H3. The quantitative estimate of drug-likeness (QED) is 0.547. The minimum atomic E-state index is -1.39. The predicted molar refractivity (Wildman–Crippen MR) is 67.8 cm³/mol. The maximum absolute atomic E-state index is 5.82. The molecule has 1 aromatic carbocycles. The molecular formula is C11H16Cl2Si. The van der Waals surface area contributed by atoms with E-state index in [1.807, 2.05) is 0 Å². The van der Waals surface area contributed by atoms with E-state index in [0.717, 1.165) is 25.3 Å². The van der Waals surface area contributed by atoms with E-state index in [9.17, 15) is 0 Å². The Morgan fingerprint density at radius 2 is 1.79 bits per heavy atom. The average molecular weight is 247 g/mol. The van der Waals surface area contributed by atoms with Crippen LogP contribution < -0.4 is 0 Å². The lowest BCUT2D eigenvalue weighted by molar-refractivity contribution is 0.895. The lowest BCUT2D eigenvalue weighted by Crippen LogP contribution is -1.96. The fraction of sp³-hybridized carbons (Fsp3) is 0.455. The Balaban J connectivity index is 2.49. The molecule has 1 rings (SSSR count). The molecule has 0 fully saturated rings. The number of hydrogen-bond acceptors (Lipinski definition) is 0. The zero-order valence-corrected chi connectivity index (χ0v) is 11.1. The first-order valence-electron chi connectivity index (χ1n) is 5.09. The molecule has 0 aliphatic heterocycles. The molecule has 0 nitrogen and oxygen atoms in total. The van der Waals surface area contributed by atoms with Crippen molar-refractivity contribution in [3.63, 3.8) is 0 Å². The van der Waals surface area contributed by atoms with Crippen molar-refractivity contribution in [3.8, 4) is 0 Å². The van der Waals surface area contributed by atoms with Gasteiger partial charge >= 0.3 is 0 Å². The first kappa shape index (κ1) is 12.1. The second-order valence-electron chi connectivity index (χ2n) is 3.41. The Kier molecular flexibility index (Phi) is 5.60. The molecule has 0 N–H and O–H groups in total. The monoisotopic (exact) mass is 246 g/mol. The van der Waals surface area contributed by atoms with Gasteiger partial charge in [0.05, 0.1) is 0 Å². The molecule has 78 valence electrons. The molecule has 14 heavy (non-hydrogen) atoms. The molecule has 0 saturated carbocycles. The summed E-state index contributed by atoms with van der Waals surface area (Å²) < 4.78 is 0. The van der Waals surface area contributed by atoms with Crippen LogP contribution in [-0.2, 0) is 12.8 Å². The molecule has 0 aliphatic rings. The van der Waals surface area contributed by atoms with Crippen LogP contribution in [0.3, 0.4) is 0 Å². The first-order valence-corrected chi connectivity index (χ1v) is 9.39. The van der Waals surface area contributed by atoms with Gasteiger partial charge in [0, 0.05) is 0 Å². The molecule has 0 spiro atoms. The lowest BCUT2D eigenvalue weighted by atomic mass is 10.0. The molecule has 0 unspecified atom stereocenters. The van der Waals surface area contributed by atoms with Crippen LogP contribution in [0.4, 0.5) is 0 Å². The van der Waals surface area contributed by atoms with Gasteiger partial charge in [0.15, 0.2) is 0 Å². The number of halogens is 2. The van der Waals surface area contributed by atoms with Crippen molar-refractivity contribution in [1.29, 1.82) is 0 Å².